The third-order valence-electron chi connectivity index (χ3n) is 11.0. The number of carbonyl (C=O) groups excluding carboxylic acids is 1. The Hall–Kier alpha value is -4.45. The fourth-order valence-corrected chi connectivity index (χ4v) is 7.32. The molecule has 2 heterocycles. The van der Waals surface area contributed by atoms with E-state index in [1.165, 1.54) is 0 Å². The summed E-state index contributed by atoms with van der Waals surface area (Å²) in [6.07, 6.45) is 6.18. The van der Waals surface area contributed by atoms with E-state index in [0.717, 1.165) is 118 Å². The van der Waals surface area contributed by atoms with Crippen LogP contribution in [0, 0.1) is 10.8 Å². The van der Waals surface area contributed by atoms with Crippen molar-refractivity contribution in [1.82, 2.24) is 0 Å². The SMILES string of the molecule is CC1c2cc(OOCc3ccc(OCCCCCCOCC4(C)COC4)cc3)ccc2-c2ccc(OC(=O)c3ccc(OCCCCOCC4(C)COC4)cc3)cc21. The van der Waals surface area contributed by atoms with Crippen LogP contribution in [-0.4, -0.2) is 72.0 Å². The van der Waals surface area contributed by atoms with E-state index in [0.29, 0.717) is 49.2 Å². The van der Waals surface area contributed by atoms with Crippen molar-refractivity contribution in [2.75, 3.05) is 66.1 Å². The van der Waals surface area contributed by atoms with Crippen LogP contribution in [0.3, 0.4) is 0 Å². The molecule has 0 bridgehead atoms. The third-order valence-corrected chi connectivity index (χ3v) is 11.0. The molecule has 4 aromatic rings. The lowest BCUT2D eigenvalue weighted by Crippen LogP contribution is -2.43. The number of ether oxygens (including phenoxy) is 7. The Morgan fingerprint density at radius 1 is 0.603 bits per heavy atom. The number of fused-ring (bicyclic) bond motifs is 3. The van der Waals surface area contributed by atoms with Crippen molar-refractivity contribution in [3.05, 3.63) is 107 Å². The summed E-state index contributed by atoms with van der Waals surface area (Å²) in [4.78, 5) is 24.4. The van der Waals surface area contributed by atoms with Crippen molar-refractivity contribution in [2.45, 2.75) is 71.8 Å². The van der Waals surface area contributed by atoms with Gasteiger partial charge in [-0.05, 0) is 121 Å². The molecule has 1 aliphatic carbocycles. The Morgan fingerprint density at radius 2 is 1.09 bits per heavy atom. The van der Waals surface area contributed by atoms with Gasteiger partial charge in [0.1, 0.15) is 23.9 Å². The fraction of sp³-hybridized carbons (Fsp3) is 0.479. The minimum atomic E-state index is -0.416. The van der Waals surface area contributed by atoms with Gasteiger partial charge in [0, 0.05) is 30.0 Å². The number of rotatable bonds is 24. The van der Waals surface area contributed by atoms with Gasteiger partial charge >= 0.3 is 5.97 Å². The Labute approximate surface area is 342 Å². The first-order valence-electron chi connectivity index (χ1n) is 20.8. The molecule has 0 radical (unpaired) electrons. The lowest BCUT2D eigenvalue weighted by atomic mass is 9.90. The molecule has 0 amide bonds. The van der Waals surface area contributed by atoms with Gasteiger partial charge in [-0.25, -0.2) is 4.79 Å². The molecule has 3 aliphatic rings. The zero-order valence-corrected chi connectivity index (χ0v) is 34.3. The second-order valence-electron chi connectivity index (χ2n) is 16.7. The third kappa shape index (κ3) is 11.4. The number of hydrogen-bond acceptors (Lipinski definition) is 10. The molecule has 2 aliphatic heterocycles. The van der Waals surface area contributed by atoms with Crippen molar-refractivity contribution in [2.24, 2.45) is 10.8 Å². The second kappa shape index (κ2) is 20.0. The van der Waals surface area contributed by atoms with Crippen LogP contribution >= 0.6 is 0 Å². The first-order chi connectivity index (χ1) is 28.3. The average molecular weight is 795 g/mol. The number of carbonyl (C=O) groups is 1. The van der Waals surface area contributed by atoms with E-state index in [-0.39, 0.29) is 16.7 Å². The van der Waals surface area contributed by atoms with E-state index < -0.39 is 5.97 Å². The highest BCUT2D eigenvalue weighted by molar-refractivity contribution is 5.91. The van der Waals surface area contributed by atoms with Crippen LogP contribution in [0.25, 0.3) is 11.1 Å². The lowest BCUT2D eigenvalue weighted by molar-refractivity contribution is -0.217. The van der Waals surface area contributed by atoms with Crippen molar-refractivity contribution in [1.29, 1.82) is 0 Å². The maximum Gasteiger partial charge on any atom is 0.343 e. The summed E-state index contributed by atoms with van der Waals surface area (Å²) in [5, 5.41) is 0. The molecule has 0 N–H and O–H groups in total. The summed E-state index contributed by atoms with van der Waals surface area (Å²) < 4.78 is 39.8. The number of benzene rings is 4. The highest BCUT2D eigenvalue weighted by Crippen LogP contribution is 2.47. The summed E-state index contributed by atoms with van der Waals surface area (Å²) in [5.41, 5.74) is 6.31. The standard InChI is InChI=1S/C48H58O10/c1-35-44-26-40(57-46(49)37-12-16-39(17-13-37)55-25-9-8-23-51-30-48(3)33-53-34-48)18-20-42(44)43-21-19-41(27-45(35)43)58-56-28-36-10-14-38(15-11-36)54-24-7-5-4-6-22-50-29-47(2)31-52-32-47/h10-21,26-27,35H,4-9,22-25,28-34H2,1-3H3. The molecule has 0 saturated carbocycles. The Balaban J connectivity index is 0.784. The zero-order valence-electron chi connectivity index (χ0n) is 34.3. The summed E-state index contributed by atoms with van der Waals surface area (Å²) in [5.74, 6) is 2.36. The van der Waals surface area contributed by atoms with Crippen LogP contribution in [0.5, 0.6) is 23.0 Å². The minimum Gasteiger partial charge on any atom is -0.494 e. The first kappa shape index (κ1) is 41.7. The number of esters is 1. The average Bonchev–Trinajstić information content (AvgIpc) is 3.49. The van der Waals surface area contributed by atoms with Gasteiger partial charge in [0.05, 0.1) is 58.4 Å². The molecule has 2 saturated heterocycles. The van der Waals surface area contributed by atoms with Gasteiger partial charge in [0.15, 0.2) is 5.75 Å². The molecule has 0 spiro atoms. The maximum absolute atomic E-state index is 13.0. The van der Waals surface area contributed by atoms with E-state index >= 15 is 0 Å². The smallest absolute Gasteiger partial charge is 0.343 e. The van der Waals surface area contributed by atoms with Crippen molar-refractivity contribution in [3.63, 3.8) is 0 Å². The molecule has 0 aromatic heterocycles. The van der Waals surface area contributed by atoms with Gasteiger partial charge in [-0.15, -0.1) is 0 Å². The molecule has 7 rings (SSSR count). The quantitative estimate of drug-likeness (QED) is 0.0224. The molecular formula is C48H58O10. The summed E-state index contributed by atoms with van der Waals surface area (Å²) in [6.45, 7) is 14.4. The van der Waals surface area contributed by atoms with Gasteiger partial charge in [-0.1, -0.05) is 51.5 Å². The largest absolute Gasteiger partial charge is 0.494 e. The predicted octanol–water partition coefficient (Wildman–Crippen LogP) is 9.75. The van der Waals surface area contributed by atoms with Gasteiger partial charge in [0.25, 0.3) is 0 Å². The van der Waals surface area contributed by atoms with E-state index in [9.17, 15) is 4.79 Å². The van der Waals surface area contributed by atoms with E-state index in [2.05, 4.69) is 26.8 Å². The molecule has 1 atom stereocenters. The monoisotopic (exact) mass is 794 g/mol. The summed E-state index contributed by atoms with van der Waals surface area (Å²) in [6, 6.07) is 26.8. The Bertz CT molecular complexity index is 1920. The van der Waals surface area contributed by atoms with E-state index in [1.54, 1.807) is 24.3 Å². The van der Waals surface area contributed by atoms with Gasteiger partial charge in [0.2, 0.25) is 0 Å². The van der Waals surface area contributed by atoms with Crippen LogP contribution in [-0.2, 0) is 30.4 Å². The van der Waals surface area contributed by atoms with Gasteiger partial charge < -0.3 is 38.0 Å². The highest BCUT2D eigenvalue weighted by atomic mass is 17.2. The van der Waals surface area contributed by atoms with Crippen LogP contribution in [0.2, 0.25) is 0 Å². The molecular weight excluding hydrogens is 737 g/mol. The van der Waals surface area contributed by atoms with E-state index in [4.69, 9.17) is 42.9 Å². The molecule has 1 unspecified atom stereocenters. The summed E-state index contributed by atoms with van der Waals surface area (Å²) >= 11 is 0. The van der Waals surface area contributed by atoms with Crippen LogP contribution in [0.4, 0.5) is 0 Å². The first-order valence-corrected chi connectivity index (χ1v) is 20.8. The van der Waals surface area contributed by atoms with E-state index in [1.807, 2.05) is 54.6 Å². The Kier molecular flexibility index (Phi) is 14.4. The van der Waals surface area contributed by atoms with Crippen LogP contribution in [0.15, 0.2) is 84.9 Å². The number of hydrogen-bond donors (Lipinski definition) is 0. The molecule has 10 nitrogen and oxygen atoms in total. The zero-order chi connectivity index (χ0) is 40.2. The molecule has 58 heavy (non-hydrogen) atoms. The summed E-state index contributed by atoms with van der Waals surface area (Å²) in [7, 11) is 0. The highest BCUT2D eigenvalue weighted by Gasteiger charge is 2.34. The van der Waals surface area contributed by atoms with Crippen molar-refractivity contribution < 1.29 is 47.7 Å². The molecule has 2 fully saturated rings. The fourth-order valence-electron chi connectivity index (χ4n) is 7.32. The topological polar surface area (TPSA) is 100 Å². The van der Waals surface area contributed by atoms with Gasteiger partial charge in [-0.3, -0.25) is 0 Å². The Morgan fingerprint density at radius 3 is 1.66 bits per heavy atom. The second-order valence-corrected chi connectivity index (χ2v) is 16.7. The molecule has 10 heteroatoms. The normalized spacial score (nSPS) is 17.1. The predicted molar refractivity (Wildman–Crippen MR) is 221 cm³/mol. The lowest BCUT2D eigenvalue weighted by Gasteiger charge is -2.37. The molecule has 4 aromatic carbocycles. The number of unbranched alkanes of at least 4 members (excludes halogenated alkanes) is 4. The van der Waals surface area contributed by atoms with Crippen LogP contribution in [0.1, 0.15) is 92.3 Å². The molecule has 310 valence electrons. The maximum atomic E-state index is 13.0. The van der Waals surface area contributed by atoms with Crippen molar-refractivity contribution >= 4 is 5.97 Å². The van der Waals surface area contributed by atoms with Crippen LogP contribution < -0.4 is 19.1 Å². The van der Waals surface area contributed by atoms with Crippen molar-refractivity contribution in [3.8, 4) is 34.1 Å². The minimum absolute atomic E-state index is 0.0821. The van der Waals surface area contributed by atoms with Gasteiger partial charge in [-0.2, -0.15) is 4.89 Å².